The highest BCUT2D eigenvalue weighted by Gasteiger charge is 2.14. The first kappa shape index (κ1) is 16.9. The zero-order valence-corrected chi connectivity index (χ0v) is 12.9. The topological polar surface area (TPSA) is 20.3 Å². The van der Waals surface area contributed by atoms with Crippen LogP contribution in [0.25, 0.3) is 0 Å². The van der Waals surface area contributed by atoms with Gasteiger partial charge in [0.15, 0.2) is 0 Å². The molecule has 2 heteroatoms. The Hall–Kier alpha value is -1.05. The highest BCUT2D eigenvalue weighted by molar-refractivity contribution is 5.78. The van der Waals surface area contributed by atoms with E-state index in [0.717, 1.165) is 25.8 Å². The smallest absolute Gasteiger partial charge is 0.225 e. The number of hydrogen-bond acceptors (Lipinski definition) is 1. The van der Waals surface area contributed by atoms with E-state index in [-0.39, 0.29) is 11.8 Å². The van der Waals surface area contributed by atoms with Crippen LogP contribution in [-0.4, -0.2) is 24.4 Å². The summed E-state index contributed by atoms with van der Waals surface area (Å²) in [6.07, 6.45) is 7.50. The molecule has 0 spiro atoms. The lowest BCUT2D eigenvalue weighted by atomic mass is 10.1. The molecule has 2 nitrogen and oxygen atoms in total. The maximum Gasteiger partial charge on any atom is 0.225 e. The molecule has 18 heavy (non-hydrogen) atoms. The molecule has 0 N–H and O–H groups in total. The van der Waals surface area contributed by atoms with Gasteiger partial charge in [-0.1, -0.05) is 37.1 Å². The Labute approximate surface area is 113 Å². The minimum absolute atomic E-state index is 0.134. The number of amides is 1. The fraction of sp³-hybridized carbons (Fsp3) is 0.688. The van der Waals surface area contributed by atoms with Gasteiger partial charge in [-0.25, -0.2) is 0 Å². The molecule has 0 aromatic heterocycles. The Bertz CT molecular complexity index is 311. The normalized spacial score (nSPS) is 13.1. The van der Waals surface area contributed by atoms with Crippen LogP contribution in [-0.2, 0) is 4.79 Å². The van der Waals surface area contributed by atoms with Crippen molar-refractivity contribution in [3.05, 3.63) is 23.3 Å². The predicted octanol–water partition coefficient (Wildman–Crippen LogP) is 4.18. The van der Waals surface area contributed by atoms with Crippen molar-refractivity contribution in [3.63, 3.8) is 0 Å². The van der Waals surface area contributed by atoms with Gasteiger partial charge in [0, 0.05) is 19.5 Å². The SMILES string of the molecule is CCC(C)C(=O)N(C)C/C=C(\C)CCC=C(C)C. The summed E-state index contributed by atoms with van der Waals surface area (Å²) in [5.41, 5.74) is 2.73. The molecule has 0 aliphatic heterocycles. The first-order valence-corrected chi connectivity index (χ1v) is 6.92. The number of rotatable bonds is 7. The summed E-state index contributed by atoms with van der Waals surface area (Å²) >= 11 is 0. The molecule has 0 aliphatic carbocycles. The van der Waals surface area contributed by atoms with Gasteiger partial charge in [0.05, 0.1) is 0 Å². The molecular formula is C16H29NO. The number of nitrogens with zero attached hydrogens (tertiary/aromatic N) is 1. The van der Waals surface area contributed by atoms with Crippen LogP contribution in [0.5, 0.6) is 0 Å². The molecular weight excluding hydrogens is 222 g/mol. The van der Waals surface area contributed by atoms with Crippen LogP contribution in [0.2, 0.25) is 0 Å². The lowest BCUT2D eigenvalue weighted by molar-refractivity contribution is -0.133. The largest absolute Gasteiger partial charge is 0.342 e. The van der Waals surface area contributed by atoms with Gasteiger partial charge in [-0.05, 0) is 40.0 Å². The Morgan fingerprint density at radius 2 is 1.83 bits per heavy atom. The average molecular weight is 251 g/mol. The fourth-order valence-electron chi connectivity index (χ4n) is 1.62. The standard InChI is InChI=1S/C16H29NO/c1-7-15(5)16(18)17(6)12-11-14(4)10-8-9-13(2)3/h9,11,15H,7-8,10,12H2,1-6H3/b14-11+. The zero-order chi connectivity index (χ0) is 14.1. The fourth-order valence-corrected chi connectivity index (χ4v) is 1.62. The van der Waals surface area contributed by atoms with Gasteiger partial charge in [0.25, 0.3) is 0 Å². The van der Waals surface area contributed by atoms with Gasteiger partial charge in [0.1, 0.15) is 0 Å². The predicted molar refractivity (Wildman–Crippen MR) is 79.5 cm³/mol. The Morgan fingerprint density at radius 3 is 2.33 bits per heavy atom. The van der Waals surface area contributed by atoms with E-state index in [4.69, 9.17) is 0 Å². The lowest BCUT2D eigenvalue weighted by Crippen LogP contribution is -2.31. The second-order valence-electron chi connectivity index (χ2n) is 5.40. The molecule has 0 bridgehead atoms. The maximum absolute atomic E-state index is 11.9. The average Bonchev–Trinajstić information content (AvgIpc) is 2.33. The molecule has 0 aromatic rings. The molecule has 1 atom stereocenters. The van der Waals surface area contributed by atoms with Crippen molar-refractivity contribution in [1.29, 1.82) is 0 Å². The van der Waals surface area contributed by atoms with E-state index >= 15 is 0 Å². The van der Waals surface area contributed by atoms with E-state index in [1.165, 1.54) is 11.1 Å². The quantitative estimate of drug-likeness (QED) is 0.621. The Balaban J connectivity index is 4.12. The third kappa shape index (κ3) is 7.31. The van der Waals surface area contributed by atoms with E-state index in [0.29, 0.717) is 0 Å². The molecule has 0 aliphatic rings. The number of allylic oxidation sites excluding steroid dienone is 3. The van der Waals surface area contributed by atoms with Crippen LogP contribution in [0, 0.1) is 5.92 Å². The van der Waals surface area contributed by atoms with Crippen molar-refractivity contribution < 1.29 is 4.79 Å². The van der Waals surface area contributed by atoms with Crippen LogP contribution in [0.15, 0.2) is 23.3 Å². The van der Waals surface area contributed by atoms with Gasteiger partial charge in [0.2, 0.25) is 5.91 Å². The maximum atomic E-state index is 11.9. The van der Waals surface area contributed by atoms with Gasteiger partial charge < -0.3 is 4.90 Å². The van der Waals surface area contributed by atoms with E-state index in [1.54, 1.807) is 0 Å². The molecule has 0 fully saturated rings. The van der Waals surface area contributed by atoms with E-state index in [1.807, 2.05) is 18.9 Å². The summed E-state index contributed by atoms with van der Waals surface area (Å²) in [4.78, 5) is 13.7. The van der Waals surface area contributed by atoms with Crippen LogP contribution < -0.4 is 0 Å². The molecule has 104 valence electrons. The molecule has 0 saturated carbocycles. The third-order valence-corrected chi connectivity index (χ3v) is 3.22. The van der Waals surface area contributed by atoms with Crippen molar-refractivity contribution in [3.8, 4) is 0 Å². The van der Waals surface area contributed by atoms with Crippen molar-refractivity contribution in [2.24, 2.45) is 5.92 Å². The van der Waals surface area contributed by atoms with E-state index < -0.39 is 0 Å². The number of likely N-dealkylation sites (N-methyl/N-ethyl adjacent to an activating group) is 1. The van der Waals surface area contributed by atoms with Gasteiger partial charge in [-0.2, -0.15) is 0 Å². The number of carbonyl (C=O) groups is 1. The minimum Gasteiger partial charge on any atom is -0.342 e. The second kappa shape index (κ2) is 8.96. The van der Waals surface area contributed by atoms with Crippen LogP contribution in [0.4, 0.5) is 0 Å². The van der Waals surface area contributed by atoms with Crippen molar-refractivity contribution in [2.75, 3.05) is 13.6 Å². The van der Waals surface area contributed by atoms with Crippen molar-refractivity contribution >= 4 is 5.91 Å². The zero-order valence-electron chi connectivity index (χ0n) is 12.9. The Morgan fingerprint density at radius 1 is 1.22 bits per heavy atom. The summed E-state index contributed by atoms with van der Waals surface area (Å²) in [5.74, 6) is 0.375. The van der Waals surface area contributed by atoms with Gasteiger partial charge in [-0.15, -0.1) is 0 Å². The lowest BCUT2D eigenvalue weighted by Gasteiger charge is -2.19. The third-order valence-electron chi connectivity index (χ3n) is 3.22. The summed E-state index contributed by atoms with van der Waals surface area (Å²) < 4.78 is 0. The summed E-state index contributed by atoms with van der Waals surface area (Å²) in [6, 6.07) is 0. The van der Waals surface area contributed by atoms with Crippen LogP contribution >= 0.6 is 0 Å². The van der Waals surface area contributed by atoms with Gasteiger partial charge in [-0.3, -0.25) is 4.79 Å². The summed E-state index contributed by atoms with van der Waals surface area (Å²) in [7, 11) is 1.88. The van der Waals surface area contributed by atoms with Crippen LogP contribution in [0.1, 0.15) is 53.9 Å². The molecule has 1 amide bonds. The summed E-state index contributed by atoms with van der Waals surface area (Å²) in [6.45, 7) is 11.2. The van der Waals surface area contributed by atoms with Crippen LogP contribution in [0.3, 0.4) is 0 Å². The molecule has 0 saturated heterocycles. The molecule has 0 aromatic carbocycles. The van der Waals surface area contributed by atoms with E-state index in [9.17, 15) is 4.79 Å². The van der Waals surface area contributed by atoms with Gasteiger partial charge >= 0.3 is 0 Å². The monoisotopic (exact) mass is 251 g/mol. The Kier molecular flexibility index (Phi) is 8.43. The van der Waals surface area contributed by atoms with Crippen molar-refractivity contribution in [1.82, 2.24) is 4.90 Å². The first-order valence-electron chi connectivity index (χ1n) is 6.92. The minimum atomic E-state index is 0.134. The van der Waals surface area contributed by atoms with E-state index in [2.05, 4.69) is 39.8 Å². The molecule has 0 rings (SSSR count). The second-order valence-corrected chi connectivity index (χ2v) is 5.40. The number of hydrogen-bond donors (Lipinski definition) is 0. The highest BCUT2D eigenvalue weighted by Crippen LogP contribution is 2.08. The summed E-state index contributed by atoms with van der Waals surface area (Å²) in [5, 5.41) is 0. The molecule has 0 radical (unpaired) electrons. The number of carbonyl (C=O) groups excluding carboxylic acids is 1. The molecule has 1 unspecified atom stereocenters. The van der Waals surface area contributed by atoms with Crippen molar-refractivity contribution in [2.45, 2.75) is 53.9 Å². The molecule has 0 heterocycles. The highest BCUT2D eigenvalue weighted by atomic mass is 16.2. The first-order chi connectivity index (χ1) is 8.38.